The fourth-order valence-corrected chi connectivity index (χ4v) is 3.36. The Kier molecular flexibility index (Phi) is 5.25. The Labute approximate surface area is 152 Å². The molecule has 2 aromatic rings. The number of rotatable bonds is 5. The summed E-state index contributed by atoms with van der Waals surface area (Å²) < 4.78 is 5.14. The van der Waals surface area contributed by atoms with E-state index in [1.807, 2.05) is 37.3 Å². The summed E-state index contributed by atoms with van der Waals surface area (Å²) in [4.78, 5) is 24.4. The summed E-state index contributed by atoms with van der Waals surface area (Å²) in [5.74, 6) is 0.575. The molecule has 26 heavy (non-hydrogen) atoms. The summed E-state index contributed by atoms with van der Waals surface area (Å²) in [6.07, 6.45) is 2.74. The molecule has 1 atom stereocenters. The fraction of sp³-hybridized carbons (Fsp3) is 0.421. The highest BCUT2D eigenvalue weighted by Gasteiger charge is 2.37. The number of anilines is 1. The number of carbonyl (C=O) groups is 2. The van der Waals surface area contributed by atoms with Crippen LogP contribution in [0.4, 0.5) is 10.5 Å². The summed E-state index contributed by atoms with van der Waals surface area (Å²) >= 11 is 0. The van der Waals surface area contributed by atoms with Crippen molar-refractivity contribution in [2.75, 3.05) is 11.9 Å². The lowest BCUT2D eigenvalue weighted by atomic mass is 9.82. The van der Waals surface area contributed by atoms with E-state index < -0.39 is 5.54 Å². The molecule has 2 heterocycles. The molecule has 1 aromatic carbocycles. The first-order valence-electron chi connectivity index (χ1n) is 8.90. The molecule has 138 valence electrons. The maximum absolute atomic E-state index is 12.4. The highest BCUT2D eigenvalue weighted by atomic mass is 16.5. The van der Waals surface area contributed by atoms with Crippen molar-refractivity contribution >= 4 is 17.6 Å². The Morgan fingerprint density at radius 3 is 2.81 bits per heavy atom. The highest BCUT2D eigenvalue weighted by molar-refractivity contribution is 5.90. The molecule has 0 bridgehead atoms. The maximum atomic E-state index is 12.4. The molecule has 1 saturated heterocycles. The third-order valence-electron chi connectivity index (χ3n) is 4.77. The summed E-state index contributed by atoms with van der Waals surface area (Å²) in [5.41, 5.74) is 1.71. The van der Waals surface area contributed by atoms with E-state index in [0.717, 1.165) is 18.4 Å². The first-order valence-corrected chi connectivity index (χ1v) is 8.90. The molecule has 1 aliphatic rings. The van der Waals surface area contributed by atoms with Crippen molar-refractivity contribution in [3.05, 3.63) is 47.3 Å². The second-order valence-electron chi connectivity index (χ2n) is 6.57. The zero-order valence-corrected chi connectivity index (χ0v) is 15.1. The SMILES string of the molecule is CCc1noc(C)c1NC(=O)NCC1(c2ccccc2)CCCC(=O)N1. The number of nitrogens with zero attached hydrogens (tertiary/aromatic N) is 1. The molecule has 1 aliphatic heterocycles. The Balaban J connectivity index is 1.73. The van der Waals surface area contributed by atoms with Gasteiger partial charge in [0, 0.05) is 13.0 Å². The number of amides is 3. The minimum atomic E-state index is -0.592. The standard InChI is InChI=1S/C19H24N4O3/c1-3-15-17(13(2)26-23-15)21-18(25)20-12-19(11-7-10-16(24)22-19)14-8-5-4-6-9-14/h4-6,8-9H,3,7,10-12H2,1-2H3,(H,22,24)(H2,20,21,25). The summed E-state index contributed by atoms with van der Waals surface area (Å²) in [6, 6.07) is 9.41. The lowest BCUT2D eigenvalue weighted by molar-refractivity contribution is -0.125. The number of hydrogen-bond acceptors (Lipinski definition) is 4. The van der Waals surface area contributed by atoms with Gasteiger partial charge in [-0.15, -0.1) is 0 Å². The van der Waals surface area contributed by atoms with Gasteiger partial charge in [-0.3, -0.25) is 4.79 Å². The van der Waals surface area contributed by atoms with Crippen LogP contribution < -0.4 is 16.0 Å². The molecule has 0 radical (unpaired) electrons. The van der Waals surface area contributed by atoms with Crippen LogP contribution in [0.1, 0.15) is 43.2 Å². The van der Waals surface area contributed by atoms with Crippen molar-refractivity contribution in [3.63, 3.8) is 0 Å². The third-order valence-corrected chi connectivity index (χ3v) is 4.77. The molecule has 1 unspecified atom stereocenters. The molecule has 1 fully saturated rings. The first kappa shape index (κ1) is 18.0. The number of aryl methyl sites for hydroxylation is 2. The summed E-state index contributed by atoms with van der Waals surface area (Å²) in [6.45, 7) is 4.01. The van der Waals surface area contributed by atoms with Crippen molar-refractivity contribution in [1.29, 1.82) is 0 Å². The van der Waals surface area contributed by atoms with E-state index in [4.69, 9.17) is 4.52 Å². The largest absolute Gasteiger partial charge is 0.359 e. The van der Waals surface area contributed by atoms with Crippen LogP contribution in [-0.2, 0) is 16.8 Å². The normalized spacial score (nSPS) is 19.7. The molecule has 0 spiro atoms. The third kappa shape index (κ3) is 3.71. The van der Waals surface area contributed by atoms with Gasteiger partial charge in [-0.1, -0.05) is 42.4 Å². The predicted octanol–water partition coefficient (Wildman–Crippen LogP) is 2.86. The van der Waals surface area contributed by atoms with Crippen molar-refractivity contribution in [2.24, 2.45) is 0 Å². The van der Waals surface area contributed by atoms with Gasteiger partial charge in [0.25, 0.3) is 0 Å². The predicted molar refractivity (Wildman–Crippen MR) is 97.8 cm³/mol. The molecule has 1 aromatic heterocycles. The molecular formula is C19H24N4O3. The Bertz CT molecular complexity index is 787. The monoisotopic (exact) mass is 356 g/mol. The van der Waals surface area contributed by atoms with Crippen LogP contribution >= 0.6 is 0 Å². The smallest absolute Gasteiger partial charge is 0.319 e. The lowest BCUT2D eigenvalue weighted by Crippen LogP contribution is -2.55. The van der Waals surface area contributed by atoms with E-state index in [2.05, 4.69) is 21.1 Å². The topological polar surface area (TPSA) is 96.3 Å². The number of benzene rings is 1. The quantitative estimate of drug-likeness (QED) is 0.767. The van der Waals surface area contributed by atoms with Gasteiger partial charge in [-0.05, 0) is 31.7 Å². The molecule has 3 N–H and O–H groups in total. The number of carbonyl (C=O) groups excluding carboxylic acids is 2. The van der Waals surface area contributed by atoms with Crippen LogP contribution in [0.2, 0.25) is 0 Å². The van der Waals surface area contributed by atoms with Gasteiger partial charge < -0.3 is 20.5 Å². The second-order valence-corrected chi connectivity index (χ2v) is 6.57. The molecular weight excluding hydrogens is 332 g/mol. The van der Waals surface area contributed by atoms with E-state index >= 15 is 0 Å². The van der Waals surface area contributed by atoms with E-state index in [-0.39, 0.29) is 11.9 Å². The first-order chi connectivity index (χ1) is 12.5. The Morgan fingerprint density at radius 2 is 2.12 bits per heavy atom. The average Bonchev–Trinajstić information content (AvgIpc) is 3.00. The average molecular weight is 356 g/mol. The van der Waals surface area contributed by atoms with Crippen LogP contribution in [0.15, 0.2) is 34.9 Å². The van der Waals surface area contributed by atoms with E-state index in [1.165, 1.54) is 0 Å². The van der Waals surface area contributed by atoms with Crippen LogP contribution in [0.3, 0.4) is 0 Å². The number of aromatic nitrogens is 1. The van der Waals surface area contributed by atoms with Crippen molar-refractivity contribution in [2.45, 2.75) is 45.1 Å². The van der Waals surface area contributed by atoms with Crippen LogP contribution in [0, 0.1) is 6.92 Å². The van der Waals surface area contributed by atoms with Crippen LogP contribution in [0.25, 0.3) is 0 Å². The van der Waals surface area contributed by atoms with E-state index in [0.29, 0.717) is 36.5 Å². The van der Waals surface area contributed by atoms with Crippen LogP contribution in [0.5, 0.6) is 0 Å². The van der Waals surface area contributed by atoms with Crippen molar-refractivity contribution in [3.8, 4) is 0 Å². The zero-order valence-electron chi connectivity index (χ0n) is 15.1. The molecule has 3 rings (SSSR count). The summed E-state index contributed by atoms with van der Waals surface area (Å²) in [7, 11) is 0. The number of piperidine rings is 1. The molecule has 7 heteroatoms. The highest BCUT2D eigenvalue weighted by Crippen LogP contribution is 2.30. The van der Waals surface area contributed by atoms with Crippen molar-refractivity contribution in [1.82, 2.24) is 15.8 Å². The lowest BCUT2D eigenvalue weighted by Gasteiger charge is -2.38. The van der Waals surface area contributed by atoms with E-state index in [9.17, 15) is 9.59 Å². The van der Waals surface area contributed by atoms with Gasteiger partial charge in [-0.2, -0.15) is 0 Å². The van der Waals surface area contributed by atoms with Gasteiger partial charge in [0.1, 0.15) is 11.4 Å². The van der Waals surface area contributed by atoms with Gasteiger partial charge in [0.05, 0.1) is 5.54 Å². The summed E-state index contributed by atoms with van der Waals surface area (Å²) in [5, 5.41) is 12.7. The number of urea groups is 1. The van der Waals surface area contributed by atoms with Crippen LogP contribution in [-0.4, -0.2) is 23.6 Å². The molecule has 7 nitrogen and oxygen atoms in total. The van der Waals surface area contributed by atoms with E-state index in [1.54, 1.807) is 6.92 Å². The zero-order chi connectivity index (χ0) is 18.6. The Morgan fingerprint density at radius 1 is 1.35 bits per heavy atom. The number of hydrogen-bond donors (Lipinski definition) is 3. The van der Waals surface area contributed by atoms with Gasteiger partial charge in [-0.25, -0.2) is 4.79 Å². The Hall–Kier alpha value is -2.83. The molecule has 0 saturated carbocycles. The van der Waals surface area contributed by atoms with Gasteiger partial charge in [0.15, 0.2) is 5.76 Å². The second kappa shape index (κ2) is 7.59. The fourth-order valence-electron chi connectivity index (χ4n) is 3.36. The molecule has 0 aliphatic carbocycles. The van der Waals surface area contributed by atoms with Crippen molar-refractivity contribution < 1.29 is 14.1 Å². The van der Waals surface area contributed by atoms with Gasteiger partial charge in [0.2, 0.25) is 5.91 Å². The minimum Gasteiger partial charge on any atom is -0.359 e. The minimum absolute atomic E-state index is 0.00506. The maximum Gasteiger partial charge on any atom is 0.319 e. The number of nitrogens with one attached hydrogen (secondary N) is 3. The van der Waals surface area contributed by atoms with Gasteiger partial charge >= 0.3 is 6.03 Å². The molecule has 3 amide bonds.